The third-order valence-corrected chi connectivity index (χ3v) is 4.14. The van der Waals surface area contributed by atoms with Gasteiger partial charge in [-0.1, -0.05) is 19.1 Å². The van der Waals surface area contributed by atoms with Gasteiger partial charge in [0.05, 0.1) is 11.9 Å². The van der Waals surface area contributed by atoms with Crippen LogP contribution in [0.1, 0.15) is 29.3 Å². The summed E-state index contributed by atoms with van der Waals surface area (Å²) in [5, 5.41) is 0. The van der Waals surface area contributed by atoms with Crippen molar-refractivity contribution in [2.24, 2.45) is 7.05 Å². The summed E-state index contributed by atoms with van der Waals surface area (Å²) in [5.74, 6) is -0.325. The Kier molecular flexibility index (Phi) is 5.07. The molecule has 5 nitrogen and oxygen atoms in total. The van der Waals surface area contributed by atoms with E-state index in [-0.39, 0.29) is 11.7 Å². The Morgan fingerprint density at radius 1 is 1.24 bits per heavy atom. The van der Waals surface area contributed by atoms with Crippen LogP contribution in [-0.4, -0.2) is 38.4 Å². The van der Waals surface area contributed by atoms with Gasteiger partial charge >= 0.3 is 0 Å². The van der Waals surface area contributed by atoms with Crippen molar-refractivity contribution in [1.82, 2.24) is 19.4 Å². The molecular weight excluding hydrogens is 319 g/mol. The minimum absolute atomic E-state index is 0.0710. The third-order valence-electron chi connectivity index (χ3n) is 4.14. The fraction of sp³-hybridized carbons (Fsp3) is 0.316. The van der Waals surface area contributed by atoms with E-state index in [4.69, 9.17) is 0 Å². The van der Waals surface area contributed by atoms with Gasteiger partial charge in [-0.2, -0.15) is 0 Å². The lowest BCUT2D eigenvalue weighted by Gasteiger charge is -2.22. The molecule has 130 valence electrons. The van der Waals surface area contributed by atoms with Gasteiger partial charge < -0.3 is 9.47 Å². The summed E-state index contributed by atoms with van der Waals surface area (Å²) >= 11 is 0. The van der Waals surface area contributed by atoms with Crippen LogP contribution in [0.2, 0.25) is 0 Å². The largest absolute Gasteiger partial charge is 0.338 e. The van der Waals surface area contributed by atoms with Gasteiger partial charge in [0.15, 0.2) is 5.65 Å². The number of benzene rings is 1. The van der Waals surface area contributed by atoms with Crippen LogP contribution in [0.5, 0.6) is 0 Å². The van der Waals surface area contributed by atoms with Gasteiger partial charge in [-0.05, 0) is 36.6 Å². The number of fused-ring (bicyclic) bond motifs is 1. The quantitative estimate of drug-likeness (QED) is 0.692. The highest BCUT2D eigenvalue weighted by atomic mass is 19.1. The lowest BCUT2D eigenvalue weighted by Crippen LogP contribution is -2.33. The molecule has 0 aliphatic rings. The normalized spacial score (nSPS) is 11.0. The fourth-order valence-electron chi connectivity index (χ4n) is 2.86. The second kappa shape index (κ2) is 7.42. The van der Waals surface area contributed by atoms with Crippen molar-refractivity contribution in [1.29, 1.82) is 0 Å². The number of aryl methyl sites for hydroxylation is 1. The van der Waals surface area contributed by atoms with Gasteiger partial charge in [-0.15, -0.1) is 0 Å². The molecule has 0 N–H and O–H groups in total. The van der Waals surface area contributed by atoms with Crippen LogP contribution < -0.4 is 0 Å². The van der Waals surface area contributed by atoms with Crippen LogP contribution in [-0.2, 0) is 13.5 Å². The highest BCUT2D eigenvalue weighted by Crippen LogP contribution is 2.14. The molecule has 1 aromatic carbocycles. The summed E-state index contributed by atoms with van der Waals surface area (Å²) in [7, 11) is 1.87. The molecule has 0 saturated heterocycles. The lowest BCUT2D eigenvalue weighted by molar-refractivity contribution is 0.0757. The minimum Gasteiger partial charge on any atom is -0.338 e. The Morgan fingerprint density at radius 2 is 2.08 bits per heavy atom. The van der Waals surface area contributed by atoms with Gasteiger partial charge in [0.25, 0.3) is 5.91 Å². The summed E-state index contributed by atoms with van der Waals surface area (Å²) in [6.45, 7) is 3.22. The second-order valence-electron chi connectivity index (χ2n) is 6.09. The molecule has 0 atom stereocenters. The topological polar surface area (TPSA) is 51.0 Å². The molecule has 0 bridgehead atoms. The zero-order chi connectivity index (χ0) is 17.8. The molecule has 25 heavy (non-hydrogen) atoms. The highest BCUT2D eigenvalue weighted by molar-refractivity contribution is 5.96. The maximum Gasteiger partial charge on any atom is 0.255 e. The number of rotatable bonds is 6. The van der Waals surface area contributed by atoms with Crippen molar-refractivity contribution in [2.75, 3.05) is 13.1 Å². The molecule has 3 aromatic rings. The summed E-state index contributed by atoms with van der Waals surface area (Å²) < 4.78 is 15.1. The predicted molar refractivity (Wildman–Crippen MR) is 94.8 cm³/mol. The average Bonchev–Trinajstić information content (AvgIpc) is 2.98. The molecule has 0 aliphatic heterocycles. The van der Waals surface area contributed by atoms with Crippen LogP contribution in [0.4, 0.5) is 4.39 Å². The van der Waals surface area contributed by atoms with Crippen LogP contribution in [0, 0.1) is 5.82 Å². The van der Waals surface area contributed by atoms with Crippen molar-refractivity contribution in [3.63, 3.8) is 0 Å². The molecule has 6 heteroatoms. The number of amides is 1. The Bertz CT molecular complexity index is 890. The number of aromatic nitrogens is 3. The van der Waals surface area contributed by atoms with Gasteiger partial charge in [0.2, 0.25) is 0 Å². The first kappa shape index (κ1) is 17.1. The SMILES string of the molecule is CCCN(CCc1cccc(F)c1)C(=O)c1cnc2c(c1)ncn2C. The van der Waals surface area contributed by atoms with E-state index in [0.29, 0.717) is 30.6 Å². The Hall–Kier alpha value is -2.76. The molecule has 0 aliphatic carbocycles. The average molecular weight is 340 g/mol. The van der Waals surface area contributed by atoms with Crippen molar-refractivity contribution >= 4 is 17.1 Å². The Morgan fingerprint density at radius 3 is 2.84 bits per heavy atom. The van der Waals surface area contributed by atoms with E-state index >= 15 is 0 Å². The van der Waals surface area contributed by atoms with E-state index in [1.54, 1.807) is 29.6 Å². The minimum atomic E-state index is -0.254. The first-order chi connectivity index (χ1) is 12.1. The summed E-state index contributed by atoms with van der Waals surface area (Å²) in [6, 6.07) is 8.27. The van der Waals surface area contributed by atoms with E-state index in [9.17, 15) is 9.18 Å². The first-order valence-corrected chi connectivity index (χ1v) is 8.39. The fourth-order valence-corrected chi connectivity index (χ4v) is 2.86. The highest BCUT2D eigenvalue weighted by Gasteiger charge is 2.17. The number of hydrogen-bond donors (Lipinski definition) is 0. The van der Waals surface area contributed by atoms with Gasteiger partial charge in [0.1, 0.15) is 11.3 Å². The Labute approximate surface area is 146 Å². The number of carbonyl (C=O) groups excluding carboxylic acids is 1. The van der Waals surface area contributed by atoms with Crippen LogP contribution in [0.3, 0.4) is 0 Å². The summed E-state index contributed by atoms with van der Waals surface area (Å²) in [4.78, 5) is 23.2. The molecule has 0 fully saturated rings. The van der Waals surface area contributed by atoms with Crippen LogP contribution in [0.15, 0.2) is 42.9 Å². The van der Waals surface area contributed by atoms with E-state index < -0.39 is 0 Å². The van der Waals surface area contributed by atoms with Gasteiger partial charge in [-0.3, -0.25) is 4.79 Å². The van der Waals surface area contributed by atoms with E-state index in [1.165, 1.54) is 12.1 Å². The molecule has 2 aromatic heterocycles. The number of carbonyl (C=O) groups is 1. The second-order valence-corrected chi connectivity index (χ2v) is 6.09. The number of hydrogen-bond acceptors (Lipinski definition) is 3. The smallest absolute Gasteiger partial charge is 0.255 e. The van der Waals surface area contributed by atoms with Crippen molar-refractivity contribution in [3.8, 4) is 0 Å². The van der Waals surface area contributed by atoms with E-state index in [0.717, 1.165) is 17.6 Å². The molecule has 1 amide bonds. The van der Waals surface area contributed by atoms with E-state index in [1.807, 2.05) is 24.6 Å². The molecule has 0 unspecified atom stereocenters. The molecule has 2 heterocycles. The lowest BCUT2D eigenvalue weighted by atomic mass is 10.1. The monoisotopic (exact) mass is 340 g/mol. The zero-order valence-electron chi connectivity index (χ0n) is 14.4. The zero-order valence-corrected chi connectivity index (χ0v) is 14.4. The predicted octanol–water partition coefficient (Wildman–Crippen LogP) is 3.20. The van der Waals surface area contributed by atoms with Crippen LogP contribution >= 0.6 is 0 Å². The molecule has 0 radical (unpaired) electrons. The third kappa shape index (κ3) is 3.84. The maximum absolute atomic E-state index is 13.3. The van der Waals surface area contributed by atoms with Crippen LogP contribution in [0.25, 0.3) is 11.2 Å². The Balaban J connectivity index is 1.77. The number of nitrogens with zero attached hydrogens (tertiary/aromatic N) is 4. The number of imidazole rings is 1. The molecule has 0 spiro atoms. The van der Waals surface area contributed by atoms with Crippen molar-refractivity contribution < 1.29 is 9.18 Å². The standard InChI is InChI=1S/C19H21FN4O/c1-3-8-24(9-7-14-5-4-6-16(20)10-14)19(25)15-11-17-18(21-12-15)23(2)13-22-17/h4-6,10-13H,3,7-9H2,1-2H3. The molecular formula is C19H21FN4O. The van der Waals surface area contributed by atoms with Crippen molar-refractivity contribution in [3.05, 3.63) is 59.8 Å². The summed E-state index contributed by atoms with van der Waals surface area (Å²) in [6.07, 6.45) is 4.74. The van der Waals surface area contributed by atoms with Crippen molar-refractivity contribution in [2.45, 2.75) is 19.8 Å². The van der Waals surface area contributed by atoms with E-state index in [2.05, 4.69) is 9.97 Å². The number of pyridine rings is 1. The first-order valence-electron chi connectivity index (χ1n) is 8.39. The van der Waals surface area contributed by atoms with Gasteiger partial charge in [-0.25, -0.2) is 14.4 Å². The van der Waals surface area contributed by atoms with Gasteiger partial charge in [0, 0.05) is 26.3 Å². The number of halogens is 1. The summed E-state index contributed by atoms with van der Waals surface area (Å²) in [5.41, 5.74) is 2.86. The molecule has 3 rings (SSSR count). The maximum atomic E-state index is 13.3. The molecule has 0 saturated carbocycles.